The second kappa shape index (κ2) is 5.13. The van der Waals surface area contributed by atoms with Gasteiger partial charge in [0, 0.05) is 17.8 Å². The highest BCUT2D eigenvalue weighted by Crippen LogP contribution is 2.25. The Morgan fingerprint density at radius 3 is 2.39 bits per heavy atom. The molecule has 2 nitrogen and oxygen atoms in total. The van der Waals surface area contributed by atoms with Crippen LogP contribution in [0.2, 0.25) is 0 Å². The van der Waals surface area contributed by atoms with Crippen LogP contribution < -0.4 is 5.32 Å². The maximum atomic E-state index is 9.70. The van der Waals surface area contributed by atoms with Crippen LogP contribution in [0.5, 0.6) is 5.75 Å². The first-order chi connectivity index (χ1) is 8.58. The van der Waals surface area contributed by atoms with Crippen molar-refractivity contribution < 1.29 is 5.11 Å². The molecule has 1 atom stereocenters. The zero-order chi connectivity index (χ0) is 13.1. The van der Waals surface area contributed by atoms with Crippen molar-refractivity contribution in [3.05, 3.63) is 59.2 Å². The average molecular weight is 241 g/mol. The predicted molar refractivity (Wildman–Crippen MR) is 76.1 cm³/mol. The molecule has 0 aliphatic carbocycles. The summed E-state index contributed by atoms with van der Waals surface area (Å²) >= 11 is 0. The van der Waals surface area contributed by atoms with Gasteiger partial charge in [-0.15, -0.1) is 0 Å². The first kappa shape index (κ1) is 12.5. The molecule has 2 N–H and O–H groups in total. The lowest BCUT2D eigenvalue weighted by molar-refractivity contribution is 0.471. The summed E-state index contributed by atoms with van der Waals surface area (Å²) in [5.41, 5.74) is 4.38. The number of phenolic OH excluding ortho intramolecular Hbond substituents is 1. The third kappa shape index (κ3) is 2.65. The van der Waals surface area contributed by atoms with Crippen molar-refractivity contribution >= 4 is 5.69 Å². The Balaban J connectivity index is 2.19. The van der Waals surface area contributed by atoms with Crippen LogP contribution in [0, 0.1) is 13.8 Å². The molecule has 0 radical (unpaired) electrons. The molecule has 0 bridgehead atoms. The van der Waals surface area contributed by atoms with Crippen LogP contribution in [0.1, 0.15) is 29.7 Å². The van der Waals surface area contributed by atoms with Crippen molar-refractivity contribution in [1.82, 2.24) is 0 Å². The molecule has 0 heterocycles. The van der Waals surface area contributed by atoms with Gasteiger partial charge in [0.2, 0.25) is 0 Å². The van der Waals surface area contributed by atoms with Gasteiger partial charge in [-0.1, -0.05) is 30.3 Å². The van der Waals surface area contributed by atoms with Crippen LogP contribution in [0.4, 0.5) is 5.69 Å². The lowest BCUT2D eigenvalue weighted by atomic mass is 10.0. The summed E-state index contributed by atoms with van der Waals surface area (Å²) in [5.74, 6) is 0.331. The van der Waals surface area contributed by atoms with Crippen molar-refractivity contribution in [1.29, 1.82) is 0 Å². The second-order valence-corrected chi connectivity index (χ2v) is 4.72. The van der Waals surface area contributed by atoms with Crippen molar-refractivity contribution in [2.24, 2.45) is 0 Å². The number of anilines is 1. The highest BCUT2D eigenvalue weighted by Gasteiger charge is 2.08. The van der Waals surface area contributed by atoms with E-state index >= 15 is 0 Å². The maximum Gasteiger partial charge on any atom is 0.120 e. The number of rotatable bonds is 3. The lowest BCUT2D eigenvalue weighted by Crippen LogP contribution is -2.07. The minimum atomic E-state index is 0.216. The van der Waals surface area contributed by atoms with Crippen molar-refractivity contribution in [3.8, 4) is 5.75 Å². The summed E-state index contributed by atoms with van der Waals surface area (Å²) in [6.07, 6.45) is 0. The largest absolute Gasteiger partial charge is 0.508 e. The molecule has 0 aliphatic heterocycles. The number of hydrogen-bond donors (Lipinski definition) is 2. The van der Waals surface area contributed by atoms with E-state index in [0.29, 0.717) is 5.75 Å². The minimum Gasteiger partial charge on any atom is -0.508 e. The Labute approximate surface area is 108 Å². The number of benzene rings is 2. The minimum absolute atomic E-state index is 0.216. The van der Waals surface area contributed by atoms with Crippen LogP contribution in [0.25, 0.3) is 0 Å². The molecule has 0 aromatic heterocycles. The van der Waals surface area contributed by atoms with Crippen LogP contribution in [0.3, 0.4) is 0 Å². The Hall–Kier alpha value is -1.96. The third-order valence-electron chi connectivity index (χ3n) is 3.25. The fourth-order valence-electron chi connectivity index (χ4n) is 2.10. The summed E-state index contributed by atoms with van der Waals surface area (Å²) in [7, 11) is 0. The standard InChI is InChI=1S/C16H19NO/c1-11-6-4-5-7-15(11)13(3)17-14-9-8-12(2)16(18)10-14/h4-10,13,17-18H,1-3H3. The van der Waals surface area contributed by atoms with Gasteiger partial charge >= 0.3 is 0 Å². The van der Waals surface area contributed by atoms with Gasteiger partial charge in [0.25, 0.3) is 0 Å². The summed E-state index contributed by atoms with van der Waals surface area (Å²) in [4.78, 5) is 0. The van der Waals surface area contributed by atoms with E-state index in [1.807, 2.05) is 31.2 Å². The van der Waals surface area contributed by atoms with Crippen molar-refractivity contribution in [2.45, 2.75) is 26.8 Å². The number of aromatic hydroxyl groups is 1. The van der Waals surface area contributed by atoms with Gasteiger partial charge in [-0.3, -0.25) is 0 Å². The molecule has 0 saturated heterocycles. The fraction of sp³-hybridized carbons (Fsp3) is 0.250. The summed E-state index contributed by atoms with van der Waals surface area (Å²) in [5, 5.41) is 13.1. The van der Waals surface area contributed by atoms with E-state index in [-0.39, 0.29) is 6.04 Å². The molecule has 2 rings (SSSR count). The molecule has 0 fully saturated rings. The zero-order valence-electron chi connectivity index (χ0n) is 11.1. The van der Waals surface area contributed by atoms with Gasteiger partial charge in [0.05, 0.1) is 0 Å². The topological polar surface area (TPSA) is 32.3 Å². The van der Waals surface area contributed by atoms with Crippen LogP contribution >= 0.6 is 0 Å². The van der Waals surface area contributed by atoms with Gasteiger partial charge in [-0.05, 0) is 43.5 Å². The summed E-state index contributed by atoms with van der Waals surface area (Å²) < 4.78 is 0. The SMILES string of the molecule is Cc1ccc(NC(C)c2ccccc2C)cc1O. The molecule has 2 aromatic rings. The Morgan fingerprint density at radius 2 is 1.72 bits per heavy atom. The second-order valence-electron chi connectivity index (χ2n) is 4.72. The number of phenols is 1. The van der Waals surface area contributed by atoms with Crippen LogP contribution in [-0.2, 0) is 0 Å². The van der Waals surface area contributed by atoms with E-state index in [2.05, 4.69) is 31.3 Å². The smallest absolute Gasteiger partial charge is 0.120 e. The molecular weight excluding hydrogens is 222 g/mol. The predicted octanol–water partition coefficient (Wildman–Crippen LogP) is 4.18. The Morgan fingerprint density at radius 1 is 1.00 bits per heavy atom. The number of aryl methyl sites for hydroxylation is 2. The first-order valence-electron chi connectivity index (χ1n) is 6.19. The molecule has 0 aliphatic rings. The number of nitrogens with one attached hydrogen (secondary N) is 1. The molecule has 94 valence electrons. The number of hydrogen-bond acceptors (Lipinski definition) is 2. The summed E-state index contributed by atoms with van der Waals surface area (Å²) in [6.45, 7) is 6.13. The highest BCUT2D eigenvalue weighted by atomic mass is 16.3. The van der Waals surface area contributed by atoms with Gasteiger partial charge in [0.15, 0.2) is 0 Å². The van der Waals surface area contributed by atoms with Crippen LogP contribution in [0.15, 0.2) is 42.5 Å². The summed E-state index contributed by atoms with van der Waals surface area (Å²) in [6, 6.07) is 14.2. The molecular formula is C16H19NO. The van der Waals surface area contributed by atoms with E-state index in [4.69, 9.17) is 0 Å². The monoisotopic (exact) mass is 241 g/mol. The normalized spacial score (nSPS) is 12.2. The Bertz CT molecular complexity index is 549. The van der Waals surface area contributed by atoms with E-state index in [1.165, 1.54) is 11.1 Å². The molecule has 0 spiro atoms. The van der Waals surface area contributed by atoms with Crippen molar-refractivity contribution in [2.75, 3.05) is 5.32 Å². The third-order valence-corrected chi connectivity index (χ3v) is 3.25. The highest BCUT2D eigenvalue weighted by molar-refractivity contribution is 5.52. The zero-order valence-corrected chi connectivity index (χ0v) is 11.1. The van der Waals surface area contributed by atoms with E-state index in [0.717, 1.165) is 11.3 Å². The molecule has 1 unspecified atom stereocenters. The van der Waals surface area contributed by atoms with Gasteiger partial charge in [0.1, 0.15) is 5.75 Å². The van der Waals surface area contributed by atoms with Crippen LogP contribution in [-0.4, -0.2) is 5.11 Å². The van der Waals surface area contributed by atoms with E-state index in [1.54, 1.807) is 6.07 Å². The first-order valence-corrected chi connectivity index (χ1v) is 6.19. The van der Waals surface area contributed by atoms with E-state index in [9.17, 15) is 5.11 Å². The van der Waals surface area contributed by atoms with Gasteiger partial charge in [-0.2, -0.15) is 0 Å². The van der Waals surface area contributed by atoms with Gasteiger partial charge in [-0.25, -0.2) is 0 Å². The lowest BCUT2D eigenvalue weighted by Gasteiger charge is -2.18. The van der Waals surface area contributed by atoms with Crippen molar-refractivity contribution in [3.63, 3.8) is 0 Å². The maximum absolute atomic E-state index is 9.70. The fourth-order valence-corrected chi connectivity index (χ4v) is 2.10. The molecule has 0 saturated carbocycles. The molecule has 0 amide bonds. The molecule has 18 heavy (non-hydrogen) atoms. The molecule has 2 heteroatoms. The van der Waals surface area contributed by atoms with E-state index < -0.39 is 0 Å². The average Bonchev–Trinajstić information content (AvgIpc) is 2.34. The Kier molecular flexibility index (Phi) is 3.56. The van der Waals surface area contributed by atoms with Gasteiger partial charge < -0.3 is 10.4 Å². The molecule has 2 aromatic carbocycles. The quantitative estimate of drug-likeness (QED) is 0.844.